The summed E-state index contributed by atoms with van der Waals surface area (Å²) in [4.78, 5) is 2.37. The highest BCUT2D eigenvalue weighted by molar-refractivity contribution is 5.29. The van der Waals surface area contributed by atoms with E-state index in [1.54, 1.807) is 7.11 Å². The molecule has 1 aliphatic rings. The predicted molar refractivity (Wildman–Crippen MR) is 76.2 cm³/mol. The minimum absolute atomic E-state index is 0.231. The van der Waals surface area contributed by atoms with E-state index in [0.29, 0.717) is 12.5 Å². The van der Waals surface area contributed by atoms with Crippen LogP contribution in [0.4, 0.5) is 0 Å². The Bertz CT molecular complexity index is 392. The Morgan fingerprint density at radius 1 is 1.42 bits per heavy atom. The third-order valence-corrected chi connectivity index (χ3v) is 4.10. The van der Waals surface area contributed by atoms with Crippen molar-refractivity contribution in [2.75, 3.05) is 26.7 Å². The number of aliphatic hydroxyl groups excluding tert-OH is 1. The van der Waals surface area contributed by atoms with Gasteiger partial charge >= 0.3 is 0 Å². The van der Waals surface area contributed by atoms with E-state index in [9.17, 15) is 5.11 Å². The maximum Gasteiger partial charge on any atom is 0.118 e. The molecule has 4 nitrogen and oxygen atoms in total. The largest absolute Gasteiger partial charge is 0.497 e. The molecule has 1 heterocycles. The molecule has 1 fully saturated rings. The molecular formula is C15H24N2O2. The molecule has 0 aliphatic carbocycles. The Balaban J connectivity index is 2.07. The lowest BCUT2D eigenvalue weighted by molar-refractivity contribution is 0.122. The molecule has 0 aromatic heterocycles. The number of hydrogen-bond donors (Lipinski definition) is 2. The molecule has 106 valence electrons. The van der Waals surface area contributed by atoms with Gasteiger partial charge in [-0.25, -0.2) is 0 Å². The third-order valence-electron chi connectivity index (χ3n) is 4.10. The van der Waals surface area contributed by atoms with E-state index >= 15 is 0 Å². The van der Waals surface area contributed by atoms with Crippen LogP contribution in [0.2, 0.25) is 0 Å². The molecule has 3 N–H and O–H groups in total. The highest BCUT2D eigenvalue weighted by atomic mass is 16.5. The van der Waals surface area contributed by atoms with E-state index in [2.05, 4.69) is 17.0 Å². The number of rotatable bonds is 5. The van der Waals surface area contributed by atoms with Gasteiger partial charge in [-0.3, -0.25) is 4.90 Å². The summed E-state index contributed by atoms with van der Waals surface area (Å²) in [6.45, 7) is 4.40. The van der Waals surface area contributed by atoms with Crippen LogP contribution in [0.5, 0.6) is 5.75 Å². The van der Waals surface area contributed by atoms with Gasteiger partial charge in [0.15, 0.2) is 0 Å². The van der Waals surface area contributed by atoms with Crippen LogP contribution >= 0.6 is 0 Å². The molecule has 3 unspecified atom stereocenters. The van der Waals surface area contributed by atoms with Crippen molar-refractivity contribution in [3.05, 3.63) is 29.8 Å². The molecule has 0 saturated carbocycles. The summed E-state index contributed by atoms with van der Waals surface area (Å²) in [7, 11) is 1.67. The number of likely N-dealkylation sites (tertiary alicyclic amines) is 1. The second kappa shape index (κ2) is 6.37. The highest BCUT2D eigenvalue weighted by Gasteiger charge is 2.30. The van der Waals surface area contributed by atoms with E-state index < -0.39 is 0 Å². The summed E-state index contributed by atoms with van der Waals surface area (Å²) < 4.78 is 5.18. The summed E-state index contributed by atoms with van der Waals surface area (Å²) in [5.74, 6) is 1.23. The molecule has 1 saturated heterocycles. The molecule has 0 bridgehead atoms. The lowest BCUT2D eigenvalue weighted by atomic mass is 10.0. The molecule has 4 heteroatoms. The Morgan fingerprint density at radius 3 is 2.58 bits per heavy atom. The molecule has 1 aromatic carbocycles. The standard InChI is InChI=1S/C15H24N2O2/c1-11(18)13-7-8-17(10-13)15(9-16)12-3-5-14(19-2)6-4-12/h3-6,11,13,15,18H,7-10,16H2,1-2H3. The minimum atomic E-state index is -0.237. The molecule has 0 spiro atoms. The van der Waals surface area contributed by atoms with Crippen LogP contribution in [0.25, 0.3) is 0 Å². The van der Waals surface area contributed by atoms with Crippen molar-refractivity contribution in [3.8, 4) is 5.75 Å². The summed E-state index contributed by atoms with van der Waals surface area (Å²) in [6.07, 6.45) is 0.809. The van der Waals surface area contributed by atoms with Crippen LogP contribution in [0.3, 0.4) is 0 Å². The van der Waals surface area contributed by atoms with Crippen molar-refractivity contribution >= 4 is 0 Å². The number of ether oxygens (including phenoxy) is 1. The predicted octanol–water partition coefficient (Wildman–Crippen LogP) is 1.40. The Kier molecular flexibility index (Phi) is 4.80. The lowest BCUT2D eigenvalue weighted by Gasteiger charge is -2.27. The summed E-state index contributed by atoms with van der Waals surface area (Å²) in [5.41, 5.74) is 7.16. The third kappa shape index (κ3) is 3.26. The molecule has 1 aromatic rings. The molecular weight excluding hydrogens is 240 g/mol. The van der Waals surface area contributed by atoms with Crippen LogP contribution in [-0.4, -0.2) is 42.9 Å². The van der Waals surface area contributed by atoms with Gasteiger partial charge in [-0.2, -0.15) is 0 Å². The first kappa shape index (κ1) is 14.3. The van der Waals surface area contributed by atoms with Gasteiger partial charge in [-0.1, -0.05) is 12.1 Å². The second-order valence-electron chi connectivity index (χ2n) is 5.31. The van der Waals surface area contributed by atoms with Crippen molar-refractivity contribution in [1.29, 1.82) is 0 Å². The zero-order valence-corrected chi connectivity index (χ0v) is 11.7. The number of hydrogen-bond acceptors (Lipinski definition) is 4. The number of methoxy groups -OCH3 is 1. The van der Waals surface area contributed by atoms with Crippen molar-refractivity contribution in [2.45, 2.75) is 25.5 Å². The topological polar surface area (TPSA) is 58.7 Å². The lowest BCUT2D eigenvalue weighted by Crippen LogP contribution is -2.33. The molecule has 19 heavy (non-hydrogen) atoms. The smallest absolute Gasteiger partial charge is 0.118 e. The van der Waals surface area contributed by atoms with Gasteiger partial charge < -0.3 is 15.6 Å². The maximum atomic E-state index is 9.69. The first-order valence-electron chi connectivity index (χ1n) is 6.91. The average Bonchev–Trinajstić information content (AvgIpc) is 2.90. The van der Waals surface area contributed by atoms with E-state index in [1.165, 1.54) is 5.56 Å². The van der Waals surface area contributed by atoms with Gasteiger partial charge in [-0.05, 0) is 43.5 Å². The van der Waals surface area contributed by atoms with Crippen molar-refractivity contribution in [3.63, 3.8) is 0 Å². The average molecular weight is 264 g/mol. The van der Waals surface area contributed by atoms with Crippen LogP contribution in [0.1, 0.15) is 24.9 Å². The fourth-order valence-electron chi connectivity index (χ4n) is 2.81. The van der Waals surface area contributed by atoms with Gasteiger partial charge in [0, 0.05) is 19.1 Å². The first-order valence-corrected chi connectivity index (χ1v) is 6.91. The molecule has 0 radical (unpaired) electrons. The zero-order chi connectivity index (χ0) is 13.8. The van der Waals surface area contributed by atoms with Crippen molar-refractivity contribution < 1.29 is 9.84 Å². The van der Waals surface area contributed by atoms with Crippen LogP contribution < -0.4 is 10.5 Å². The Morgan fingerprint density at radius 2 is 2.11 bits per heavy atom. The van der Waals surface area contributed by atoms with Crippen molar-refractivity contribution in [1.82, 2.24) is 4.90 Å². The van der Waals surface area contributed by atoms with Crippen LogP contribution in [-0.2, 0) is 0 Å². The van der Waals surface area contributed by atoms with Gasteiger partial charge in [-0.15, -0.1) is 0 Å². The van der Waals surface area contributed by atoms with Crippen LogP contribution in [0, 0.1) is 5.92 Å². The molecule has 3 atom stereocenters. The van der Waals surface area contributed by atoms with Gasteiger partial charge in [0.2, 0.25) is 0 Å². The van der Waals surface area contributed by atoms with Crippen LogP contribution in [0.15, 0.2) is 24.3 Å². The van der Waals surface area contributed by atoms with Gasteiger partial charge in [0.1, 0.15) is 5.75 Å². The SMILES string of the molecule is COc1ccc(C(CN)N2CCC(C(C)O)C2)cc1. The maximum absolute atomic E-state index is 9.69. The normalized spacial score (nSPS) is 23.3. The number of benzene rings is 1. The summed E-state index contributed by atoms with van der Waals surface area (Å²) in [6, 6.07) is 8.33. The first-order chi connectivity index (χ1) is 9.15. The van der Waals surface area contributed by atoms with E-state index in [4.69, 9.17) is 10.5 Å². The molecule has 1 aliphatic heterocycles. The fraction of sp³-hybridized carbons (Fsp3) is 0.600. The van der Waals surface area contributed by atoms with Gasteiger partial charge in [0.05, 0.1) is 13.2 Å². The highest BCUT2D eigenvalue weighted by Crippen LogP contribution is 2.29. The number of nitrogens with zero attached hydrogens (tertiary/aromatic N) is 1. The van der Waals surface area contributed by atoms with Gasteiger partial charge in [0.25, 0.3) is 0 Å². The van der Waals surface area contributed by atoms with Crippen molar-refractivity contribution in [2.24, 2.45) is 11.7 Å². The minimum Gasteiger partial charge on any atom is -0.497 e. The second-order valence-corrected chi connectivity index (χ2v) is 5.31. The summed E-state index contributed by atoms with van der Waals surface area (Å²) in [5, 5.41) is 9.69. The van der Waals surface area contributed by atoms with E-state index in [1.807, 2.05) is 19.1 Å². The number of nitrogens with two attached hydrogens (primary N) is 1. The number of aliphatic hydroxyl groups is 1. The van der Waals surface area contributed by atoms with E-state index in [0.717, 1.165) is 25.3 Å². The monoisotopic (exact) mass is 264 g/mol. The van der Waals surface area contributed by atoms with E-state index in [-0.39, 0.29) is 12.1 Å². The molecule has 2 rings (SSSR count). The Hall–Kier alpha value is -1.10. The summed E-state index contributed by atoms with van der Waals surface area (Å²) >= 11 is 0. The zero-order valence-electron chi connectivity index (χ0n) is 11.7. The quantitative estimate of drug-likeness (QED) is 0.844. The Labute approximate surface area is 115 Å². The molecule has 0 amide bonds. The fourth-order valence-corrected chi connectivity index (χ4v) is 2.81.